The van der Waals surface area contributed by atoms with E-state index in [-0.39, 0.29) is 11.6 Å². The van der Waals surface area contributed by atoms with Gasteiger partial charge in [-0.3, -0.25) is 4.79 Å². The van der Waals surface area contributed by atoms with Crippen LogP contribution in [-0.4, -0.2) is 11.7 Å². The standard InChI is InChI=1S/C17H21N3O2/c1-4-16-15(12(2)19-18)9-10-17(21)20(16)11-13-5-7-14(22-3)8-6-13/h5-10,12,18H,4,11H2,1-3H3. The number of ether oxygens (including phenoxy) is 1. The van der Waals surface area contributed by atoms with E-state index >= 15 is 0 Å². The maximum Gasteiger partial charge on any atom is 0.251 e. The predicted octanol–water partition coefficient (Wildman–Crippen LogP) is 3.56. The lowest BCUT2D eigenvalue weighted by atomic mass is 10.0. The first-order chi connectivity index (χ1) is 10.6. The largest absolute Gasteiger partial charge is 0.497 e. The smallest absolute Gasteiger partial charge is 0.251 e. The topological polar surface area (TPSA) is 67.4 Å². The third-order valence-corrected chi connectivity index (χ3v) is 3.81. The normalized spacial score (nSPS) is 12.0. The number of hydrogen-bond acceptors (Lipinski definition) is 4. The van der Waals surface area contributed by atoms with Crippen molar-refractivity contribution in [3.8, 4) is 5.75 Å². The maximum atomic E-state index is 12.3. The molecule has 1 N–H and O–H groups in total. The van der Waals surface area contributed by atoms with Crippen LogP contribution in [0, 0.1) is 5.53 Å². The van der Waals surface area contributed by atoms with Gasteiger partial charge in [0, 0.05) is 11.8 Å². The summed E-state index contributed by atoms with van der Waals surface area (Å²) in [5.74, 6) is 0.794. The summed E-state index contributed by atoms with van der Waals surface area (Å²) in [5, 5.41) is 3.59. The predicted molar refractivity (Wildman–Crippen MR) is 85.7 cm³/mol. The molecule has 0 radical (unpaired) electrons. The van der Waals surface area contributed by atoms with Gasteiger partial charge in [0.25, 0.3) is 5.56 Å². The number of nitrogens with one attached hydrogen (secondary N) is 1. The third-order valence-electron chi connectivity index (χ3n) is 3.81. The average molecular weight is 299 g/mol. The van der Waals surface area contributed by atoms with Crippen LogP contribution in [0.1, 0.15) is 36.7 Å². The van der Waals surface area contributed by atoms with Gasteiger partial charge >= 0.3 is 0 Å². The van der Waals surface area contributed by atoms with Crippen LogP contribution in [0.4, 0.5) is 0 Å². The van der Waals surface area contributed by atoms with Crippen LogP contribution >= 0.6 is 0 Å². The van der Waals surface area contributed by atoms with Crippen LogP contribution in [0.25, 0.3) is 0 Å². The van der Waals surface area contributed by atoms with Gasteiger partial charge in [-0.1, -0.05) is 19.1 Å². The van der Waals surface area contributed by atoms with E-state index in [0.717, 1.165) is 29.0 Å². The molecule has 0 aliphatic heterocycles. The van der Waals surface area contributed by atoms with E-state index in [1.165, 1.54) is 0 Å². The zero-order valence-corrected chi connectivity index (χ0v) is 13.2. The van der Waals surface area contributed by atoms with E-state index in [2.05, 4.69) is 5.11 Å². The zero-order valence-electron chi connectivity index (χ0n) is 13.2. The Morgan fingerprint density at radius 3 is 2.45 bits per heavy atom. The number of methoxy groups -OCH3 is 1. The molecule has 0 aliphatic rings. The summed E-state index contributed by atoms with van der Waals surface area (Å²) >= 11 is 0. The van der Waals surface area contributed by atoms with E-state index in [1.807, 2.05) is 38.1 Å². The maximum absolute atomic E-state index is 12.3. The highest BCUT2D eigenvalue weighted by atomic mass is 16.5. The van der Waals surface area contributed by atoms with E-state index < -0.39 is 0 Å². The average Bonchev–Trinajstić information content (AvgIpc) is 2.56. The minimum atomic E-state index is -0.238. The summed E-state index contributed by atoms with van der Waals surface area (Å²) in [6.07, 6.45) is 0.724. The third kappa shape index (κ3) is 3.24. The molecule has 1 aromatic heterocycles. The Bertz CT molecular complexity index is 705. The number of pyridine rings is 1. The molecule has 2 aromatic rings. The molecule has 1 heterocycles. The molecule has 5 nitrogen and oxygen atoms in total. The van der Waals surface area contributed by atoms with E-state index in [4.69, 9.17) is 10.3 Å². The molecular weight excluding hydrogens is 278 g/mol. The summed E-state index contributed by atoms with van der Waals surface area (Å²) in [4.78, 5) is 12.3. The van der Waals surface area contributed by atoms with Gasteiger partial charge in [0.15, 0.2) is 0 Å². The van der Waals surface area contributed by atoms with E-state index in [0.29, 0.717) is 6.54 Å². The molecule has 1 unspecified atom stereocenters. The lowest BCUT2D eigenvalue weighted by Gasteiger charge is -2.17. The molecule has 0 saturated carbocycles. The molecule has 22 heavy (non-hydrogen) atoms. The monoisotopic (exact) mass is 299 g/mol. The first kappa shape index (κ1) is 15.9. The second-order valence-corrected chi connectivity index (χ2v) is 5.17. The highest BCUT2D eigenvalue weighted by Gasteiger charge is 2.14. The highest BCUT2D eigenvalue weighted by Crippen LogP contribution is 2.21. The van der Waals surface area contributed by atoms with Crippen molar-refractivity contribution in [1.82, 2.24) is 4.57 Å². The van der Waals surface area contributed by atoms with Crippen molar-refractivity contribution in [2.75, 3.05) is 7.11 Å². The van der Waals surface area contributed by atoms with Crippen molar-refractivity contribution in [1.29, 1.82) is 5.53 Å². The quantitative estimate of drug-likeness (QED) is 0.829. The van der Waals surface area contributed by atoms with Gasteiger partial charge in [0.2, 0.25) is 0 Å². The Labute approximate surface area is 130 Å². The van der Waals surface area contributed by atoms with Crippen molar-refractivity contribution in [2.45, 2.75) is 32.9 Å². The number of nitrogens with zero attached hydrogens (tertiary/aromatic N) is 2. The zero-order chi connectivity index (χ0) is 16.1. The van der Waals surface area contributed by atoms with Gasteiger partial charge in [-0.15, -0.1) is 0 Å². The molecule has 0 fully saturated rings. The van der Waals surface area contributed by atoms with E-state index in [9.17, 15) is 4.79 Å². The fourth-order valence-electron chi connectivity index (χ4n) is 2.57. The fraction of sp³-hybridized carbons (Fsp3) is 0.353. The molecule has 0 bridgehead atoms. The van der Waals surface area contributed by atoms with Gasteiger partial charge in [-0.05, 0) is 42.7 Å². The Morgan fingerprint density at radius 2 is 1.91 bits per heavy atom. The van der Waals surface area contributed by atoms with Crippen LogP contribution in [-0.2, 0) is 13.0 Å². The summed E-state index contributed by atoms with van der Waals surface area (Å²) in [6, 6.07) is 10.8. The molecular formula is C17H21N3O2. The minimum absolute atomic E-state index is 0.0337. The molecule has 0 saturated heterocycles. The van der Waals surface area contributed by atoms with Gasteiger partial charge < -0.3 is 9.30 Å². The molecule has 0 spiro atoms. The molecule has 1 atom stereocenters. The first-order valence-corrected chi connectivity index (χ1v) is 7.32. The van der Waals surface area contributed by atoms with Crippen LogP contribution in [0.15, 0.2) is 46.3 Å². The first-order valence-electron chi connectivity index (χ1n) is 7.32. The fourth-order valence-corrected chi connectivity index (χ4v) is 2.57. The summed E-state index contributed by atoms with van der Waals surface area (Å²) in [7, 11) is 1.63. The molecule has 5 heteroatoms. The molecule has 0 aliphatic carbocycles. The van der Waals surface area contributed by atoms with Crippen molar-refractivity contribution < 1.29 is 4.74 Å². The van der Waals surface area contributed by atoms with Crippen molar-refractivity contribution in [3.05, 3.63) is 63.6 Å². The number of aromatic nitrogens is 1. The molecule has 1 aromatic carbocycles. The summed E-state index contributed by atoms with van der Waals surface area (Å²) in [5.41, 5.74) is 10.1. The van der Waals surface area contributed by atoms with Gasteiger partial charge in [0.05, 0.1) is 19.7 Å². The lowest BCUT2D eigenvalue weighted by Crippen LogP contribution is -2.25. The molecule has 0 amide bonds. The Hall–Kier alpha value is -2.43. The minimum Gasteiger partial charge on any atom is -0.497 e. The Morgan fingerprint density at radius 1 is 1.23 bits per heavy atom. The number of hydrogen-bond donors (Lipinski definition) is 1. The Kier molecular flexibility index (Phi) is 5.09. The summed E-state index contributed by atoms with van der Waals surface area (Å²) in [6.45, 7) is 4.38. The molecule has 2 rings (SSSR count). The van der Waals surface area contributed by atoms with Crippen LogP contribution in [0.5, 0.6) is 5.75 Å². The van der Waals surface area contributed by atoms with E-state index in [1.54, 1.807) is 23.8 Å². The lowest BCUT2D eigenvalue weighted by molar-refractivity contribution is 0.414. The van der Waals surface area contributed by atoms with Crippen molar-refractivity contribution >= 4 is 0 Å². The summed E-state index contributed by atoms with van der Waals surface area (Å²) < 4.78 is 6.91. The molecule has 116 valence electrons. The van der Waals surface area contributed by atoms with Crippen LogP contribution < -0.4 is 10.3 Å². The number of benzene rings is 1. The van der Waals surface area contributed by atoms with Gasteiger partial charge in [-0.25, -0.2) is 5.53 Å². The van der Waals surface area contributed by atoms with Crippen molar-refractivity contribution in [3.63, 3.8) is 0 Å². The highest BCUT2D eigenvalue weighted by molar-refractivity contribution is 5.29. The van der Waals surface area contributed by atoms with Crippen LogP contribution in [0.3, 0.4) is 0 Å². The second kappa shape index (κ2) is 7.02. The second-order valence-electron chi connectivity index (χ2n) is 5.17. The van der Waals surface area contributed by atoms with Gasteiger partial charge in [0.1, 0.15) is 5.75 Å². The van der Waals surface area contributed by atoms with Crippen molar-refractivity contribution in [2.24, 2.45) is 5.11 Å². The number of rotatable bonds is 6. The Balaban J connectivity index is 2.44. The SMILES string of the molecule is CCc1c(C(C)N=N)ccc(=O)n1Cc1ccc(OC)cc1. The van der Waals surface area contributed by atoms with Crippen LogP contribution in [0.2, 0.25) is 0 Å². The van der Waals surface area contributed by atoms with Gasteiger partial charge in [-0.2, -0.15) is 5.11 Å².